The molecule has 8 heteroatoms. The molecule has 33 heavy (non-hydrogen) atoms. The second-order valence-electron chi connectivity index (χ2n) is 7.08. The van der Waals surface area contributed by atoms with Crippen LogP contribution in [0.25, 0.3) is 17.1 Å². The van der Waals surface area contributed by atoms with Gasteiger partial charge in [0.2, 0.25) is 5.82 Å². The first-order valence-electron chi connectivity index (χ1n) is 10.2. The van der Waals surface area contributed by atoms with Gasteiger partial charge in [0.05, 0.1) is 19.9 Å². The van der Waals surface area contributed by atoms with E-state index in [1.54, 1.807) is 22.9 Å². The third-order valence-electron chi connectivity index (χ3n) is 4.97. The number of carbonyl (C=O) groups is 2. The van der Waals surface area contributed by atoms with Crippen molar-refractivity contribution in [1.82, 2.24) is 20.1 Å². The number of hydrogen-bond acceptors (Lipinski definition) is 6. The molecule has 0 bridgehead atoms. The number of rotatable bonds is 7. The van der Waals surface area contributed by atoms with Crippen molar-refractivity contribution in [1.29, 1.82) is 0 Å². The predicted octanol–water partition coefficient (Wildman–Crippen LogP) is 3.66. The summed E-state index contributed by atoms with van der Waals surface area (Å²) in [7, 11) is 2.78. The maximum absolute atomic E-state index is 12.9. The van der Waals surface area contributed by atoms with Crippen molar-refractivity contribution in [2.75, 3.05) is 14.2 Å². The summed E-state index contributed by atoms with van der Waals surface area (Å²) in [6.07, 6.45) is 0. The summed E-state index contributed by atoms with van der Waals surface area (Å²) >= 11 is 0. The smallest absolute Gasteiger partial charge is 0.341 e. The molecule has 4 rings (SSSR count). The lowest BCUT2D eigenvalue weighted by Gasteiger charge is -2.09. The molecule has 3 aromatic carbocycles. The van der Waals surface area contributed by atoms with E-state index in [2.05, 4.69) is 15.4 Å². The van der Waals surface area contributed by atoms with Crippen LogP contribution >= 0.6 is 0 Å². The Bertz CT molecular complexity index is 1210. The molecule has 0 fully saturated rings. The van der Waals surface area contributed by atoms with Gasteiger partial charge in [0, 0.05) is 12.1 Å². The van der Waals surface area contributed by atoms with Crippen LogP contribution in [0.2, 0.25) is 0 Å². The number of benzene rings is 3. The Labute approximate surface area is 190 Å². The van der Waals surface area contributed by atoms with E-state index in [0.717, 1.165) is 11.3 Å². The highest BCUT2D eigenvalue weighted by Gasteiger charge is 2.19. The highest BCUT2D eigenvalue weighted by molar-refractivity contribution is 5.93. The van der Waals surface area contributed by atoms with Gasteiger partial charge < -0.3 is 14.8 Å². The minimum Gasteiger partial charge on any atom is -0.496 e. The number of esters is 1. The number of ether oxygens (including phenoxy) is 2. The van der Waals surface area contributed by atoms with E-state index in [-0.39, 0.29) is 17.9 Å². The third-order valence-corrected chi connectivity index (χ3v) is 4.97. The molecule has 1 N–H and O–H groups in total. The molecule has 0 spiro atoms. The molecule has 0 saturated carbocycles. The zero-order valence-electron chi connectivity index (χ0n) is 18.2. The van der Waals surface area contributed by atoms with Gasteiger partial charge in [0.15, 0.2) is 5.82 Å². The van der Waals surface area contributed by atoms with E-state index < -0.39 is 11.9 Å². The van der Waals surface area contributed by atoms with Gasteiger partial charge in [0.1, 0.15) is 11.3 Å². The molecular formula is C25H22N4O4. The monoisotopic (exact) mass is 442 g/mol. The summed E-state index contributed by atoms with van der Waals surface area (Å²) in [4.78, 5) is 29.4. The molecular weight excluding hydrogens is 420 g/mol. The van der Waals surface area contributed by atoms with Gasteiger partial charge in [-0.15, -0.1) is 5.10 Å². The average Bonchev–Trinajstić information content (AvgIpc) is 3.33. The number of hydrogen-bond donors (Lipinski definition) is 1. The molecule has 0 atom stereocenters. The molecule has 8 nitrogen and oxygen atoms in total. The van der Waals surface area contributed by atoms with Crippen LogP contribution < -0.4 is 10.1 Å². The van der Waals surface area contributed by atoms with E-state index in [1.165, 1.54) is 14.2 Å². The lowest BCUT2D eigenvalue weighted by molar-refractivity contribution is 0.0597. The van der Waals surface area contributed by atoms with Crippen molar-refractivity contribution >= 4 is 11.9 Å². The fraction of sp³-hybridized carbons (Fsp3) is 0.120. The van der Waals surface area contributed by atoms with Crippen molar-refractivity contribution in [3.63, 3.8) is 0 Å². The van der Waals surface area contributed by atoms with E-state index in [9.17, 15) is 9.59 Å². The van der Waals surface area contributed by atoms with Gasteiger partial charge in [-0.1, -0.05) is 54.6 Å². The van der Waals surface area contributed by atoms with Gasteiger partial charge in [-0.25, -0.2) is 14.5 Å². The Morgan fingerprint density at radius 2 is 1.64 bits per heavy atom. The maximum Gasteiger partial charge on any atom is 0.341 e. The van der Waals surface area contributed by atoms with Crippen molar-refractivity contribution < 1.29 is 19.1 Å². The van der Waals surface area contributed by atoms with Crippen LogP contribution in [0.3, 0.4) is 0 Å². The Morgan fingerprint density at radius 3 is 2.30 bits per heavy atom. The van der Waals surface area contributed by atoms with Crippen molar-refractivity contribution in [3.8, 4) is 22.8 Å². The fourth-order valence-electron chi connectivity index (χ4n) is 3.33. The SMILES string of the molecule is COC(=O)c1cc(CNC(=O)c2nc(-c3ccccc3)n(-c3ccccc3)n2)ccc1OC. The predicted molar refractivity (Wildman–Crippen MR) is 122 cm³/mol. The van der Waals surface area contributed by atoms with Crippen LogP contribution in [0, 0.1) is 0 Å². The number of nitrogens with zero attached hydrogens (tertiary/aromatic N) is 3. The number of para-hydroxylation sites is 1. The lowest BCUT2D eigenvalue weighted by atomic mass is 10.1. The summed E-state index contributed by atoms with van der Waals surface area (Å²) < 4.78 is 11.7. The largest absolute Gasteiger partial charge is 0.496 e. The minimum atomic E-state index is -0.518. The fourth-order valence-corrected chi connectivity index (χ4v) is 3.33. The maximum atomic E-state index is 12.9. The Morgan fingerprint density at radius 1 is 0.939 bits per heavy atom. The van der Waals surface area contributed by atoms with E-state index in [1.807, 2.05) is 60.7 Å². The van der Waals surface area contributed by atoms with Crippen LogP contribution in [-0.2, 0) is 11.3 Å². The van der Waals surface area contributed by atoms with E-state index >= 15 is 0 Å². The molecule has 0 aliphatic heterocycles. The first-order chi connectivity index (χ1) is 16.1. The zero-order chi connectivity index (χ0) is 23.2. The zero-order valence-corrected chi connectivity index (χ0v) is 18.2. The van der Waals surface area contributed by atoms with Crippen LogP contribution in [0.5, 0.6) is 5.75 Å². The van der Waals surface area contributed by atoms with Crippen molar-refractivity contribution in [2.45, 2.75) is 6.54 Å². The molecule has 166 valence electrons. The van der Waals surface area contributed by atoms with Crippen LogP contribution in [0.15, 0.2) is 78.9 Å². The average molecular weight is 442 g/mol. The molecule has 0 radical (unpaired) electrons. The minimum absolute atomic E-state index is 0.0411. The number of carbonyl (C=O) groups excluding carboxylic acids is 2. The summed E-state index contributed by atoms with van der Waals surface area (Å²) in [5.74, 6) is 0.0459. The number of aromatic nitrogens is 3. The topological polar surface area (TPSA) is 95.3 Å². The van der Waals surface area contributed by atoms with Crippen LogP contribution in [0.1, 0.15) is 26.5 Å². The molecule has 0 aliphatic rings. The standard InChI is InChI=1S/C25H22N4O4/c1-32-21-14-13-17(15-20(21)25(31)33-2)16-26-24(30)22-27-23(18-9-5-3-6-10-18)29(28-22)19-11-7-4-8-12-19/h3-15H,16H2,1-2H3,(H,26,30). The summed E-state index contributed by atoms with van der Waals surface area (Å²) in [6, 6.07) is 24.1. The van der Waals surface area contributed by atoms with Crippen molar-refractivity contribution in [3.05, 3.63) is 95.8 Å². The molecule has 1 heterocycles. The van der Waals surface area contributed by atoms with E-state index in [4.69, 9.17) is 9.47 Å². The highest BCUT2D eigenvalue weighted by atomic mass is 16.5. The normalized spacial score (nSPS) is 10.5. The highest BCUT2D eigenvalue weighted by Crippen LogP contribution is 2.22. The first kappa shape index (κ1) is 21.8. The Hall–Kier alpha value is -4.46. The molecule has 4 aromatic rings. The molecule has 0 unspecified atom stereocenters. The summed E-state index contributed by atoms with van der Waals surface area (Å²) in [5.41, 5.74) is 2.62. The van der Waals surface area contributed by atoms with Gasteiger partial charge in [-0.2, -0.15) is 0 Å². The van der Waals surface area contributed by atoms with Gasteiger partial charge >= 0.3 is 5.97 Å². The van der Waals surface area contributed by atoms with Crippen LogP contribution in [-0.4, -0.2) is 40.9 Å². The number of methoxy groups -OCH3 is 2. The van der Waals surface area contributed by atoms with Gasteiger partial charge in [-0.3, -0.25) is 4.79 Å². The summed E-state index contributed by atoms with van der Waals surface area (Å²) in [6.45, 7) is 0.174. The summed E-state index contributed by atoms with van der Waals surface area (Å²) in [5, 5.41) is 7.27. The van der Waals surface area contributed by atoms with Gasteiger partial charge in [0.25, 0.3) is 5.91 Å². The molecule has 1 aromatic heterocycles. The first-order valence-corrected chi connectivity index (χ1v) is 10.2. The second kappa shape index (κ2) is 9.78. The lowest BCUT2D eigenvalue weighted by Crippen LogP contribution is -2.24. The van der Waals surface area contributed by atoms with Crippen molar-refractivity contribution in [2.24, 2.45) is 0 Å². The Balaban J connectivity index is 1.59. The molecule has 0 aliphatic carbocycles. The number of amides is 1. The van der Waals surface area contributed by atoms with Crippen LogP contribution in [0.4, 0.5) is 0 Å². The Kier molecular flexibility index (Phi) is 6.45. The number of nitrogens with one attached hydrogen (secondary N) is 1. The second-order valence-corrected chi connectivity index (χ2v) is 7.08. The van der Waals surface area contributed by atoms with Gasteiger partial charge in [-0.05, 0) is 29.8 Å². The van der Waals surface area contributed by atoms with E-state index in [0.29, 0.717) is 17.1 Å². The molecule has 0 saturated heterocycles. The third kappa shape index (κ3) is 4.74. The quantitative estimate of drug-likeness (QED) is 0.439. The molecule has 1 amide bonds.